The van der Waals surface area contributed by atoms with E-state index in [0.29, 0.717) is 32.1 Å². The molecule has 7 nitrogen and oxygen atoms in total. The van der Waals surface area contributed by atoms with Crippen LogP contribution in [0.5, 0.6) is 5.75 Å². The maximum absolute atomic E-state index is 11.8. The highest BCUT2D eigenvalue weighted by molar-refractivity contribution is 7.15. The van der Waals surface area contributed by atoms with Crippen LogP contribution in [0, 0.1) is 19.8 Å². The fourth-order valence-corrected chi connectivity index (χ4v) is 4.49. The summed E-state index contributed by atoms with van der Waals surface area (Å²) in [5.41, 5.74) is 2.08. The number of esters is 1. The minimum atomic E-state index is -1.31. The van der Waals surface area contributed by atoms with Crippen LogP contribution in [0.2, 0.25) is 0 Å². The number of oxazole rings is 1. The highest BCUT2D eigenvalue weighted by Gasteiger charge is 2.41. The fraction of sp³-hybridized carbons (Fsp3) is 0.440. The molecule has 0 amide bonds. The minimum Gasteiger partial charge on any atom is -0.493 e. The number of ether oxygens (including phenoxy) is 4. The van der Waals surface area contributed by atoms with Crippen LogP contribution in [0.4, 0.5) is 0 Å². The largest absolute Gasteiger partial charge is 0.493 e. The van der Waals surface area contributed by atoms with Gasteiger partial charge in [0, 0.05) is 24.1 Å². The molecule has 1 aliphatic rings. The number of carbonyl (C=O) groups is 1. The first kappa shape index (κ1) is 23.5. The van der Waals surface area contributed by atoms with Crippen LogP contribution in [0.25, 0.3) is 10.8 Å². The molecule has 1 aliphatic heterocycles. The Morgan fingerprint density at radius 1 is 1.15 bits per heavy atom. The summed E-state index contributed by atoms with van der Waals surface area (Å²) < 4.78 is 27.7. The Bertz CT molecular complexity index is 1080. The summed E-state index contributed by atoms with van der Waals surface area (Å²) >= 11 is 1.68. The minimum absolute atomic E-state index is 0.172. The van der Waals surface area contributed by atoms with E-state index in [1.807, 2.05) is 37.3 Å². The van der Waals surface area contributed by atoms with E-state index < -0.39 is 11.8 Å². The second-order valence-corrected chi connectivity index (χ2v) is 9.59. The molecule has 2 aromatic heterocycles. The zero-order chi connectivity index (χ0) is 23.4. The molecule has 1 fully saturated rings. The Morgan fingerprint density at radius 3 is 2.52 bits per heavy atom. The summed E-state index contributed by atoms with van der Waals surface area (Å²) in [5.74, 6) is 0.660. The zero-order valence-corrected chi connectivity index (χ0v) is 20.2. The van der Waals surface area contributed by atoms with Crippen LogP contribution in [-0.2, 0) is 31.8 Å². The molecule has 1 aromatic carbocycles. The highest BCUT2D eigenvalue weighted by atomic mass is 32.1. The lowest BCUT2D eigenvalue weighted by molar-refractivity contribution is -0.272. The summed E-state index contributed by atoms with van der Waals surface area (Å²) in [4.78, 5) is 18.7. The summed E-state index contributed by atoms with van der Waals surface area (Å²) in [6, 6.07) is 12.1. The predicted octanol–water partition coefficient (Wildman–Crippen LogP) is 4.74. The maximum Gasteiger partial charge on any atom is 0.366 e. The summed E-state index contributed by atoms with van der Waals surface area (Å²) in [6.45, 7) is 6.99. The van der Waals surface area contributed by atoms with E-state index in [9.17, 15) is 4.79 Å². The molecule has 0 bridgehead atoms. The molecule has 3 heterocycles. The first-order chi connectivity index (χ1) is 15.9. The average molecular weight is 472 g/mol. The summed E-state index contributed by atoms with van der Waals surface area (Å²) in [5, 5.41) is 0. The Labute approximate surface area is 197 Å². The third-order valence-electron chi connectivity index (χ3n) is 5.64. The van der Waals surface area contributed by atoms with Crippen LogP contribution >= 0.6 is 11.3 Å². The van der Waals surface area contributed by atoms with Gasteiger partial charge in [0.1, 0.15) is 11.5 Å². The van der Waals surface area contributed by atoms with E-state index in [1.54, 1.807) is 18.3 Å². The molecule has 0 N–H and O–H groups in total. The van der Waals surface area contributed by atoms with Gasteiger partial charge in [0.25, 0.3) is 5.79 Å². The van der Waals surface area contributed by atoms with E-state index in [2.05, 4.69) is 18.0 Å². The smallest absolute Gasteiger partial charge is 0.366 e. The van der Waals surface area contributed by atoms with Gasteiger partial charge in [0.05, 0.1) is 37.5 Å². The average Bonchev–Trinajstić information content (AvgIpc) is 3.41. The van der Waals surface area contributed by atoms with Gasteiger partial charge in [-0.1, -0.05) is 12.1 Å². The molecule has 0 radical (unpaired) electrons. The number of hydrogen-bond acceptors (Lipinski definition) is 8. The Balaban J connectivity index is 1.24. The molecule has 33 heavy (non-hydrogen) atoms. The summed E-state index contributed by atoms with van der Waals surface area (Å²) in [6.07, 6.45) is 1.47. The van der Waals surface area contributed by atoms with Gasteiger partial charge < -0.3 is 23.4 Å². The molecule has 0 atom stereocenters. The van der Waals surface area contributed by atoms with Gasteiger partial charge in [-0.15, -0.1) is 11.3 Å². The second kappa shape index (κ2) is 10.1. The predicted molar refractivity (Wildman–Crippen MR) is 124 cm³/mol. The van der Waals surface area contributed by atoms with Gasteiger partial charge in [-0.2, -0.15) is 0 Å². The standard InChI is InChI=1S/C25H29NO6S/c1-16-5-10-22(33-16)23-26-21(17(2)32-23)11-12-29-20-8-6-18(7-9-20)13-19-14-30-25(3,31-15-19)24(27)28-4/h5-10,19H,11-15H2,1-4H3/t19-,25-. The first-order valence-electron chi connectivity index (χ1n) is 11.0. The van der Waals surface area contributed by atoms with Crippen molar-refractivity contribution in [3.05, 3.63) is 58.3 Å². The third-order valence-corrected chi connectivity index (χ3v) is 6.63. The topological polar surface area (TPSA) is 80.0 Å². The lowest BCUT2D eigenvalue weighted by Crippen LogP contribution is -2.48. The Morgan fingerprint density at radius 2 is 1.88 bits per heavy atom. The van der Waals surface area contributed by atoms with E-state index in [0.717, 1.165) is 34.1 Å². The quantitative estimate of drug-likeness (QED) is 0.439. The molecule has 8 heteroatoms. The maximum atomic E-state index is 11.8. The summed E-state index contributed by atoms with van der Waals surface area (Å²) in [7, 11) is 1.33. The van der Waals surface area contributed by atoms with E-state index in [-0.39, 0.29) is 5.92 Å². The Kier molecular flexibility index (Phi) is 7.17. The molecule has 0 saturated carbocycles. The second-order valence-electron chi connectivity index (χ2n) is 8.30. The van der Waals surface area contributed by atoms with E-state index in [4.69, 9.17) is 23.4 Å². The van der Waals surface area contributed by atoms with Crippen molar-refractivity contribution in [3.63, 3.8) is 0 Å². The van der Waals surface area contributed by atoms with Crippen molar-refractivity contribution in [2.75, 3.05) is 26.9 Å². The van der Waals surface area contributed by atoms with Gasteiger partial charge >= 0.3 is 5.97 Å². The molecular weight excluding hydrogens is 442 g/mol. The molecular formula is C25H29NO6S. The molecule has 0 unspecified atom stereocenters. The number of nitrogens with zero attached hydrogens (tertiary/aromatic N) is 1. The lowest BCUT2D eigenvalue weighted by atomic mass is 9.99. The molecule has 176 valence electrons. The van der Waals surface area contributed by atoms with Crippen LogP contribution in [0.3, 0.4) is 0 Å². The Hall–Kier alpha value is -2.68. The normalized spacial score (nSPS) is 20.5. The highest BCUT2D eigenvalue weighted by Crippen LogP contribution is 2.29. The number of benzene rings is 1. The van der Waals surface area contributed by atoms with Crippen LogP contribution in [0.1, 0.15) is 28.8 Å². The molecule has 0 aliphatic carbocycles. The van der Waals surface area contributed by atoms with Crippen molar-refractivity contribution in [1.29, 1.82) is 0 Å². The number of methoxy groups -OCH3 is 1. The van der Waals surface area contributed by atoms with Gasteiger partial charge in [0.15, 0.2) is 0 Å². The van der Waals surface area contributed by atoms with Crippen molar-refractivity contribution in [1.82, 2.24) is 4.98 Å². The van der Waals surface area contributed by atoms with Gasteiger partial charge in [-0.05, 0) is 50.1 Å². The number of rotatable bonds is 8. The van der Waals surface area contributed by atoms with Gasteiger partial charge in [-0.25, -0.2) is 9.78 Å². The van der Waals surface area contributed by atoms with E-state index in [1.165, 1.54) is 12.0 Å². The molecule has 0 spiro atoms. The molecule has 3 aromatic rings. The van der Waals surface area contributed by atoms with Crippen molar-refractivity contribution in [3.8, 4) is 16.5 Å². The SMILES string of the molecule is COC(=O)[C@]1(C)OC[C@@H](Cc2ccc(OCCc3nc(-c4ccc(C)s4)oc3C)cc2)CO1. The van der Waals surface area contributed by atoms with Crippen molar-refractivity contribution in [2.24, 2.45) is 5.92 Å². The van der Waals surface area contributed by atoms with Gasteiger partial charge in [-0.3, -0.25) is 0 Å². The van der Waals surface area contributed by atoms with Crippen molar-refractivity contribution in [2.45, 2.75) is 39.4 Å². The fourth-order valence-electron chi connectivity index (χ4n) is 3.70. The van der Waals surface area contributed by atoms with Crippen molar-refractivity contribution < 1.29 is 28.2 Å². The number of thiophene rings is 1. The van der Waals surface area contributed by atoms with Crippen LogP contribution < -0.4 is 4.74 Å². The monoisotopic (exact) mass is 471 g/mol. The van der Waals surface area contributed by atoms with Gasteiger partial charge in [0.2, 0.25) is 5.89 Å². The molecule has 1 saturated heterocycles. The first-order valence-corrected chi connectivity index (χ1v) is 11.8. The van der Waals surface area contributed by atoms with Crippen molar-refractivity contribution >= 4 is 17.3 Å². The number of hydrogen-bond donors (Lipinski definition) is 0. The zero-order valence-electron chi connectivity index (χ0n) is 19.4. The number of carbonyl (C=O) groups excluding carboxylic acids is 1. The van der Waals surface area contributed by atoms with E-state index >= 15 is 0 Å². The number of aryl methyl sites for hydroxylation is 2. The van der Waals surface area contributed by atoms with Crippen LogP contribution in [0.15, 0.2) is 40.8 Å². The molecule has 4 rings (SSSR count). The van der Waals surface area contributed by atoms with Crippen LogP contribution in [-0.4, -0.2) is 43.7 Å². The number of aromatic nitrogens is 1. The lowest BCUT2D eigenvalue weighted by Gasteiger charge is -2.35. The third kappa shape index (κ3) is 5.63.